The molecule has 2 aromatic carbocycles. The predicted molar refractivity (Wildman–Crippen MR) is 122 cm³/mol. The summed E-state index contributed by atoms with van der Waals surface area (Å²) < 4.78 is 5.52. The molecule has 3 aromatic rings. The molecule has 0 aliphatic rings. The molecule has 1 unspecified atom stereocenters. The van der Waals surface area contributed by atoms with Crippen molar-refractivity contribution in [3.8, 4) is 5.75 Å². The Hall–Kier alpha value is -2.96. The van der Waals surface area contributed by atoms with E-state index in [-0.39, 0.29) is 5.91 Å². The van der Waals surface area contributed by atoms with Crippen LogP contribution in [-0.2, 0) is 24.3 Å². The number of quaternary nitrogens is 1. The van der Waals surface area contributed by atoms with Crippen LogP contribution in [0, 0.1) is 6.92 Å². The summed E-state index contributed by atoms with van der Waals surface area (Å²) in [6.07, 6.45) is 2.03. The molecule has 30 heavy (non-hydrogen) atoms. The molecule has 1 heterocycles. The Bertz CT molecular complexity index is 965. The Kier molecular flexibility index (Phi) is 7.76. The van der Waals surface area contributed by atoms with Crippen LogP contribution in [0.2, 0.25) is 0 Å². The lowest BCUT2D eigenvalue weighted by Gasteiger charge is -2.13. The number of ether oxygens (including phenoxy) is 1. The molecule has 0 fully saturated rings. The molecule has 0 saturated heterocycles. The molecule has 0 bridgehead atoms. The third kappa shape index (κ3) is 6.83. The van der Waals surface area contributed by atoms with Crippen LogP contribution < -0.4 is 15.0 Å². The first-order chi connectivity index (χ1) is 14.5. The molecule has 3 rings (SSSR count). The summed E-state index contributed by atoms with van der Waals surface area (Å²) in [6.45, 7) is 7.89. The SMILES string of the molecule is C=CCOc1ccc(C[NH+](C)Cc2csc(CC(=O)Nc3ccc(C)cc3)n2)cc1. The molecule has 6 heteroatoms. The van der Waals surface area contributed by atoms with Crippen LogP contribution in [0.4, 0.5) is 5.69 Å². The van der Waals surface area contributed by atoms with E-state index >= 15 is 0 Å². The van der Waals surface area contributed by atoms with Gasteiger partial charge in [0.25, 0.3) is 0 Å². The van der Waals surface area contributed by atoms with Gasteiger partial charge in [0.2, 0.25) is 5.91 Å². The molecule has 0 radical (unpaired) electrons. The number of hydrogen-bond donors (Lipinski definition) is 2. The van der Waals surface area contributed by atoms with E-state index in [0.717, 1.165) is 35.2 Å². The Morgan fingerprint density at radius 1 is 1.17 bits per heavy atom. The maximum atomic E-state index is 12.3. The number of hydrogen-bond acceptors (Lipinski definition) is 4. The summed E-state index contributed by atoms with van der Waals surface area (Å²) in [4.78, 5) is 18.2. The standard InChI is InChI=1S/C24H27N3O2S/c1-4-13-29-22-11-7-19(8-12-22)15-27(3)16-21-17-30-24(26-21)14-23(28)25-20-9-5-18(2)6-10-20/h4-12,17H,1,13-16H2,2-3H3,(H,25,28)/p+1. The Labute approximate surface area is 182 Å². The molecule has 1 aromatic heterocycles. The third-order valence-corrected chi connectivity index (χ3v) is 5.42. The van der Waals surface area contributed by atoms with Gasteiger partial charge in [-0.3, -0.25) is 4.79 Å². The first-order valence-electron chi connectivity index (χ1n) is 9.95. The zero-order valence-corrected chi connectivity index (χ0v) is 18.3. The van der Waals surface area contributed by atoms with Gasteiger partial charge in [-0.2, -0.15) is 0 Å². The number of nitrogens with one attached hydrogen (secondary N) is 2. The first-order valence-corrected chi connectivity index (χ1v) is 10.8. The normalized spacial score (nSPS) is 11.7. The van der Waals surface area contributed by atoms with Crippen LogP contribution in [0.25, 0.3) is 0 Å². The number of thiazole rings is 1. The molecule has 156 valence electrons. The molecule has 2 N–H and O–H groups in total. The van der Waals surface area contributed by atoms with Crippen LogP contribution in [0.15, 0.2) is 66.6 Å². The number of rotatable bonds is 10. The average Bonchev–Trinajstić information content (AvgIpc) is 3.15. The van der Waals surface area contributed by atoms with Gasteiger partial charge in [0.05, 0.1) is 13.5 Å². The molecule has 1 atom stereocenters. The van der Waals surface area contributed by atoms with E-state index in [9.17, 15) is 4.79 Å². The lowest BCUT2D eigenvalue weighted by atomic mass is 10.2. The van der Waals surface area contributed by atoms with E-state index < -0.39 is 0 Å². The van der Waals surface area contributed by atoms with Crippen molar-refractivity contribution in [2.45, 2.75) is 26.4 Å². The fourth-order valence-corrected chi connectivity index (χ4v) is 3.86. The minimum absolute atomic E-state index is 0.0424. The second-order valence-corrected chi connectivity index (χ2v) is 8.32. The minimum atomic E-state index is -0.0424. The van der Waals surface area contributed by atoms with Crippen molar-refractivity contribution in [2.24, 2.45) is 0 Å². The van der Waals surface area contributed by atoms with Crippen molar-refractivity contribution >= 4 is 22.9 Å². The zero-order chi connectivity index (χ0) is 21.3. The van der Waals surface area contributed by atoms with Crippen molar-refractivity contribution in [3.63, 3.8) is 0 Å². The highest BCUT2D eigenvalue weighted by Crippen LogP contribution is 2.14. The molecule has 0 aliphatic carbocycles. The van der Waals surface area contributed by atoms with E-state index in [1.54, 1.807) is 6.08 Å². The zero-order valence-electron chi connectivity index (χ0n) is 17.5. The van der Waals surface area contributed by atoms with Crippen LogP contribution in [0.1, 0.15) is 21.8 Å². The van der Waals surface area contributed by atoms with Gasteiger partial charge in [0.1, 0.15) is 36.1 Å². The molecular formula is C24H28N3O2S+. The quantitative estimate of drug-likeness (QED) is 0.492. The lowest BCUT2D eigenvalue weighted by Crippen LogP contribution is -3.06. The largest absolute Gasteiger partial charge is 0.490 e. The van der Waals surface area contributed by atoms with Crippen molar-refractivity contribution in [1.29, 1.82) is 0 Å². The van der Waals surface area contributed by atoms with Crippen molar-refractivity contribution in [1.82, 2.24) is 4.98 Å². The van der Waals surface area contributed by atoms with Crippen molar-refractivity contribution < 1.29 is 14.4 Å². The summed E-state index contributed by atoms with van der Waals surface area (Å²) in [6, 6.07) is 15.9. The van der Waals surface area contributed by atoms with Crippen LogP contribution in [0.5, 0.6) is 5.75 Å². The van der Waals surface area contributed by atoms with E-state index in [1.807, 2.05) is 48.7 Å². The predicted octanol–water partition coefficient (Wildman–Crippen LogP) is 3.41. The fraction of sp³-hybridized carbons (Fsp3) is 0.250. The minimum Gasteiger partial charge on any atom is -0.490 e. The van der Waals surface area contributed by atoms with Crippen molar-refractivity contribution in [2.75, 3.05) is 19.0 Å². The fourth-order valence-electron chi connectivity index (χ4n) is 3.07. The number of aromatic nitrogens is 1. The number of aryl methyl sites for hydroxylation is 1. The monoisotopic (exact) mass is 422 g/mol. The van der Waals surface area contributed by atoms with Gasteiger partial charge in [-0.1, -0.05) is 30.4 Å². The van der Waals surface area contributed by atoms with Gasteiger partial charge < -0.3 is 15.0 Å². The number of amides is 1. The summed E-state index contributed by atoms with van der Waals surface area (Å²) in [5, 5.41) is 5.81. The number of anilines is 1. The molecule has 0 saturated carbocycles. The summed E-state index contributed by atoms with van der Waals surface area (Å²) in [7, 11) is 2.14. The summed E-state index contributed by atoms with van der Waals surface area (Å²) in [5.74, 6) is 0.809. The van der Waals surface area contributed by atoms with Gasteiger partial charge in [0, 0.05) is 16.6 Å². The van der Waals surface area contributed by atoms with Crippen LogP contribution >= 0.6 is 11.3 Å². The highest BCUT2D eigenvalue weighted by atomic mass is 32.1. The van der Waals surface area contributed by atoms with E-state index in [0.29, 0.717) is 13.0 Å². The average molecular weight is 423 g/mol. The van der Waals surface area contributed by atoms with E-state index in [1.165, 1.54) is 27.4 Å². The highest BCUT2D eigenvalue weighted by molar-refractivity contribution is 7.09. The number of benzene rings is 2. The molecule has 0 aliphatic heterocycles. The van der Waals surface area contributed by atoms with Gasteiger partial charge >= 0.3 is 0 Å². The molecule has 5 nitrogen and oxygen atoms in total. The second-order valence-electron chi connectivity index (χ2n) is 7.38. The third-order valence-electron chi connectivity index (χ3n) is 4.53. The molecule has 1 amide bonds. The topological polar surface area (TPSA) is 55.7 Å². The maximum absolute atomic E-state index is 12.3. The number of carbonyl (C=O) groups excluding carboxylic acids is 1. The Morgan fingerprint density at radius 3 is 2.60 bits per heavy atom. The smallest absolute Gasteiger partial charge is 0.231 e. The van der Waals surface area contributed by atoms with Gasteiger partial charge in [-0.05, 0) is 43.3 Å². The van der Waals surface area contributed by atoms with Crippen LogP contribution in [0.3, 0.4) is 0 Å². The Balaban J connectivity index is 1.47. The van der Waals surface area contributed by atoms with E-state index in [4.69, 9.17) is 4.74 Å². The van der Waals surface area contributed by atoms with Crippen LogP contribution in [-0.4, -0.2) is 24.5 Å². The first kappa shape index (κ1) is 21.7. The summed E-state index contributed by atoms with van der Waals surface area (Å²) >= 11 is 1.54. The van der Waals surface area contributed by atoms with E-state index in [2.05, 4.69) is 36.1 Å². The molecule has 0 spiro atoms. The van der Waals surface area contributed by atoms with Gasteiger partial charge in [0.15, 0.2) is 0 Å². The maximum Gasteiger partial charge on any atom is 0.231 e. The Morgan fingerprint density at radius 2 is 1.90 bits per heavy atom. The highest BCUT2D eigenvalue weighted by Gasteiger charge is 2.12. The number of carbonyl (C=O) groups is 1. The van der Waals surface area contributed by atoms with Gasteiger partial charge in [-0.15, -0.1) is 11.3 Å². The summed E-state index contributed by atoms with van der Waals surface area (Å²) in [5.41, 5.74) is 4.24. The second kappa shape index (κ2) is 10.7. The van der Waals surface area contributed by atoms with Gasteiger partial charge in [-0.25, -0.2) is 4.98 Å². The molecular weight excluding hydrogens is 394 g/mol. The van der Waals surface area contributed by atoms with Crippen molar-refractivity contribution in [3.05, 3.63) is 88.4 Å². The lowest BCUT2D eigenvalue weighted by molar-refractivity contribution is -0.908. The number of nitrogens with zero attached hydrogens (tertiary/aromatic N) is 1.